The van der Waals surface area contributed by atoms with Gasteiger partial charge in [0.05, 0.1) is 6.20 Å². The third kappa shape index (κ3) is 3.20. The minimum Gasteiger partial charge on any atom is -0.308 e. The lowest BCUT2D eigenvalue weighted by molar-refractivity contribution is 0.423. The van der Waals surface area contributed by atoms with Crippen molar-refractivity contribution in [1.82, 2.24) is 15.1 Å². The fourth-order valence-corrected chi connectivity index (χ4v) is 1.84. The Morgan fingerprint density at radius 2 is 1.95 bits per heavy atom. The molecule has 102 valence electrons. The largest absolute Gasteiger partial charge is 0.308 e. The lowest BCUT2D eigenvalue weighted by Gasteiger charge is -2.20. The predicted molar refractivity (Wildman–Crippen MR) is 74.9 cm³/mol. The molecule has 1 aromatic carbocycles. The highest BCUT2D eigenvalue weighted by molar-refractivity contribution is 5.36. The van der Waals surface area contributed by atoms with E-state index in [2.05, 4.69) is 31.2 Å². The van der Waals surface area contributed by atoms with Gasteiger partial charge in [0.1, 0.15) is 11.5 Å². The maximum atomic E-state index is 13.8. The van der Waals surface area contributed by atoms with Crippen LogP contribution in [0, 0.1) is 12.7 Å². The van der Waals surface area contributed by atoms with Crippen molar-refractivity contribution in [1.29, 1.82) is 0 Å². The second kappa shape index (κ2) is 5.13. The molecule has 0 saturated carbocycles. The van der Waals surface area contributed by atoms with Crippen LogP contribution in [0.25, 0.3) is 5.69 Å². The van der Waals surface area contributed by atoms with Gasteiger partial charge in [0.2, 0.25) is 0 Å². The first-order chi connectivity index (χ1) is 8.88. The summed E-state index contributed by atoms with van der Waals surface area (Å²) in [6, 6.07) is 6.67. The van der Waals surface area contributed by atoms with Gasteiger partial charge >= 0.3 is 0 Å². The Balaban J connectivity index is 2.26. The Morgan fingerprint density at radius 1 is 1.26 bits per heavy atom. The molecule has 1 N–H and O–H groups in total. The van der Waals surface area contributed by atoms with E-state index in [-0.39, 0.29) is 11.4 Å². The van der Waals surface area contributed by atoms with Gasteiger partial charge in [-0.3, -0.25) is 0 Å². The quantitative estimate of drug-likeness (QED) is 0.919. The molecule has 2 rings (SSSR count). The van der Waals surface area contributed by atoms with Crippen molar-refractivity contribution in [3.05, 3.63) is 47.5 Å². The molecule has 0 unspecified atom stereocenters. The standard InChI is InChI=1S/C15H20FN3/c1-11-12(9-17-15(2,3)4)10-18-19(11)14-8-6-5-7-13(14)16/h5-8,10,17H,9H2,1-4H3. The second-order valence-electron chi connectivity index (χ2n) is 5.72. The first-order valence-electron chi connectivity index (χ1n) is 6.42. The molecule has 0 bridgehead atoms. The van der Waals surface area contributed by atoms with Crippen molar-refractivity contribution in [2.24, 2.45) is 0 Å². The molecular weight excluding hydrogens is 241 g/mol. The van der Waals surface area contributed by atoms with Crippen molar-refractivity contribution in [2.45, 2.75) is 39.8 Å². The van der Waals surface area contributed by atoms with Gasteiger partial charge in [0.15, 0.2) is 0 Å². The lowest BCUT2D eigenvalue weighted by atomic mass is 10.1. The Kier molecular flexibility index (Phi) is 3.71. The number of nitrogens with zero attached hydrogens (tertiary/aromatic N) is 2. The number of hydrogen-bond acceptors (Lipinski definition) is 2. The van der Waals surface area contributed by atoms with Crippen molar-refractivity contribution < 1.29 is 4.39 Å². The minimum absolute atomic E-state index is 0.0482. The average Bonchev–Trinajstić information content (AvgIpc) is 2.68. The molecule has 2 aromatic rings. The first kappa shape index (κ1) is 13.7. The Hall–Kier alpha value is -1.68. The van der Waals surface area contributed by atoms with Gasteiger partial charge in [-0.1, -0.05) is 12.1 Å². The number of rotatable bonds is 3. The van der Waals surface area contributed by atoms with Crippen LogP contribution in [0.4, 0.5) is 4.39 Å². The van der Waals surface area contributed by atoms with E-state index in [9.17, 15) is 4.39 Å². The summed E-state index contributed by atoms with van der Waals surface area (Å²) in [5.74, 6) is -0.260. The maximum Gasteiger partial charge on any atom is 0.148 e. The highest BCUT2D eigenvalue weighted by Gasteiger charge is 2.14. The number of para-hydroxylation sites is 1. The third-order valence-corrected chi connectivity index (χ3v) is 3.00. The van der Waals surface area contributed by atoms with Crippen LogP contribution in [-0.2, 0) is 6.54 Å². The van der Waals surface area contributed by atoms with Gasteiger partial charge in [-0.25, -0.2) is 9.07 Å². The van der Waals surface area contributed by atoms with Crippen molar-refractivity contribution in [3.63, 3.8) is 0 Å². The summed E-state index contributed by atoms with van der Waals surface area (Å²) in [7, 11) is 0. The molecule has 0 spiro atoms. The molecule has 4 heteroatoms. The van der Waals surface area contributed by atoms with Crippen LogP contribution in [0.1, 0.15) is 32.0 Å². The third-order valence-electron chi connectivity index (χ3n) is 3.00. The number of halogens is 1. The van der Waals surface area contributed by atoms with Crippen molar-refractivity contribution >= 4 is 0 Å². The van der Waals surface area contributed by atoms with Crippen LogP contribution in [0.2, 0.25) is 0 Å². The van der Waals surface area contributed by atoms with E-state index in [1.807, 2.05) is 13.0 Å². The number of nitrogens with one attached hydrogen (secondary N) is 1. The number of benzene rings is 1. The molecule has 1 heterocycles. The van der Waals surface area contributed by atoms with Gasteiger partial charge in [0.25, 0.3) is 0 Å². The number of hydrogen-bond donors (Lipinski definition) is 1. The van der Waals surface area contributed by atoms with Crippen LogP contribution in [0.15, 0.2) is 30.5 Å². The zero-order valence-corrected chi connectivity index (χ0v) is 11.9. The molecule has 0 saturated heterocycles. The summed E-state index contributed by atoms with van der Waals surface area (Å²) in [6.07, 6.45) is 1.79. The van der Waals surface area contributed by atoms with E-state index in [1.165, 1.54) is 6.07 Å². The molecule has 19 heavy (non-hydrogen) atoms. The molecule has 0 aliphatic rings. The molecule has 0 amide bonds. The molecule has 1 aromatic heterocycles. The highest BCUT2D eigenvalue weighted by Crippen LogP contribution is 2.17. The molecule has 0 aliphatic carbocycles. The summed E-state index contributed by atoms with van der Waals surface area (Å²) >= 11 is 0. The van der Waals surface area contributed by atoms with E-state index in [0.29, 0.717) is 5.69 Å². The maximum absolute atomic E-state index is 13.8. The summed E-state index contributed by atoms with van der Waals surface area (Å²) in [5, 5.41) is 7.70. The molecule has 0 aliphatic heterocycles. The van der Waals surface area contributed by atoms with E-state index in [0.717, 1.165) is 17.8 Å². The van der Waals surface area contributed by atoms with Gasteiger partial charge in [0, 0.05) is 23.3 Å². The zero-order chi connectivity index (χ0) is 14.0. The van der Waals surface area contributed by atoms with Gasteiger partial charge in [-0.15, -0.1) is 0 Å². The van der Waals surface area contributed by atoms with E-state index in [1.54, 1.807) is 23.0 Å². The summed E-state index contributed by atoms with van der Waals surface area (Å²) in [6.45, 7) is 9.03. The van der Waals surface area contributed by atoms with Gasteiger partial charge in [-0.05, 0) is 39.8 Å². The average molecular weight is 261 g/mol. The summed E-state index contributed by atoms with van der Waals surface area (Å²) in [4.78, 5) is 0. The van der Waals surface area contributed by atoms with Crippen LogP contribution < -0.4 is 5.32 Å². The van der Waals surface area contributed by atoms with Gasteiger partial charge in [-0.2, -0.15) is 5.10 Å². The monoisotopic (exact) mass is 261 g/mol. The van der Waals surface area contributed by atoms with Crippen LogP contribution in [0.5, 0.6) is 0 Å². The molecule has 0 radical (unpaired) electrons. The molecule has 0 atom stereocenters. The Morgan fingerprint density at radius 3 is 2.58 bits per heavy atom. The van der Waals surface area contributed by atoms with Gasteiger partial charge < -0.3 is 5.32 Å². The summed E-state index contributed by atoms with van der Waals surface area (Å²) < 4.78 is 15.4. The topological polar surface area (TPSA) is 29.9 Å². The first-order valence-corrected chi connectivity index (χ1v) is 6.42. The van der Waals surface area contributed by atoms with Crippen LogP contribution in [0.3, 0.4) is 0 Å². The van der Waals surface area contributed by atoms with Crippen molar-refractivity contribution in [2.75, 3.05) is 0 Å². The molecule has 0 fully saturated rings. The Bertz CT molecular complexity index is 567. The summed E-state index contributed by atoms with van der Waals surface area (Å²) in [5.41, 5.74) is 2.58. The normalized spacial score (nSPS) is 11.8. The SMILES string of the molecule is Cc1c(CNC(C)(C)C)cnn1-c1ccccc1F. The zero-order valence-electron chi connectivity index (χ0n) is 11.9. The number of aromatic nitrogens is 2. The molecule has 3 nitrogen and oxygen atoms in total. The minimum atomic E-state index is -0.260. The fraction of sp³-hybridized carbons (Fsp3) is 0.400. The lowest BCUT2D eigenvalue weighted by Crippen LogP contribution is -2.35. The van der Waals surface area contributed by atoms with E-state index >= 15 is 0 Å². The molecular formula is C15H20FN3. The van der Waals surface area contributed by atoms with Crippen LogP contribution >= 0.6 is 0 Å². The van der Waals surface area contributed by atoms with E-state index < -0.39 is 0 Å². The highest BCUT2D eigenvalue weighted by atomic mass is 19.1. The van der Waals surface area contributed by atoms with Crippen LogP contribution in [-0.4, -0.2) is 15.3 Å². The smallest absolute Gasteiger partial charge is 0.148 e. The predicted octanol–water partition coefficient (Wildman–Crippen LogP) is 3.21. The second-order valence-corrected chi connectivity index (χ2v) is 5.72. The van der Waals surface area contributed by atoms with E-state index in [4.69, 9.17) is 0 Å². The van der Waals surface area contributed by atoms with Crippen molar-refractivity contribution in [3.8, 4) is 5.69 Å². The Labute approximate surface area is 113 Å². The fourth-order valence-electron chi connectivity index (χ4n) is 1.84.